The highest BCUT2D eigenvalue weighted by molar-refractivity contribution is 5.70. The lowest BCUT2D eigenvalue weighted by molar-refractivity contribution is -0.0452. The number of benzene rings is 1. The lowest BCUT2D eigenvalue weighted by Crippen LogP contribution is -2.55. The van der Waals surface area contributed by atoms with Gasteiger partial charge in [0.2, 0.25) is 0 Å². The summed E-state index contributed by atoms with van der Waals surface area (Å²) in [5.74, 6) is 1.15. The summed E-state index contributed by atoms with van der Waals surface area (Å²) >= 11 is 0. The normalized spacial score (nSPS) is 35.4. The monoisotopic (exact) mass is 287 g/mol. The van der Waals surface area contributed by atoms with Crippen LogP contribution < -0.4 is 10.1 Å². The maximum Gasteiger partial charge on any atom is 0.166 e. The zero-order chi connectivity index (χ0) is 14.6. The number of aliphatic hydroxyl groups excluding tert-OH is 1. The molecule has 112 valence electrons. The number of phenols is 1. The predicted octanol–water partition coefficient (Wildman–Crippen LogP) is 1.80. The quantitative estimate of drug-likeness (QED) is 0.793. The zero-order valence-electron chi connectivity index (χ0n) is 12.2. The van der Waals surface area contributed by atoms with E-state index in [0.29, 0.717) is 11.7 Å². The third-order valence-corrected chi connectivity index (χ3v) is 5.47. The Kier molecular flexibility index (Phi) is 2.81. The van der Waals surface area contributed by atoms with Gasteiger partial charge in [-0.15, -0.1) is 0 Å². The molecule has 0 radical (unpaired) electrons. The molecule has 4 heteroatoms. The summed E-state index contributed by atoms with van der Waals surface area (Å²) < 4.78 is 6.08. The minimum atomic E-state index is -0.468. The van der Waals surface area contributed by atoms with Crippen molar-refractivity contribution in [3.63, 3.8) is 0 Å². The Morgan fingerprint density at radius 3 is 3.05 bits per heavy atom. The van der Waals surface area contributed by atoms with Gasteiger partial charge in [-0.2, -0.15) is 0 Å². The van der Waals surface area contributed by atoms with Crippen LogP contribution in [0.15, 0.2) is 18.2 Å². The lowest BCUT2D eigenvalue weighted by atomic mass is 9.56. The first-order chi connectivity index (χ1) is 10.2. The molecule has 21 heavy (non-hydrogen) atoms. The van der Waals surface area contributed by atoms with Gasteiger partial charge in [0.25, 0.3) is 0 Å². The molecule has 4 rings (SSSR count). The maximum absolute atomic E-state index is 10.5. The number of aromatic hydroxyl groups is 1. The molecule has 2 aliphatic carbocycles. The molecular formula is C17H21NO3. The van der Waals surface area contributed by atoms with Crippen LogP contribution in [0.25, 0.3) is 6.08 Å². The van der Waals surface area contributed by atoms with E-state index in [0.717, 1.165) is 36.9 Å². The highest BCUT2D eigenvalue weighted by atomic mass is 16.5. The third-order valence-electron chi connectivity index (χ3n) is 5.47. The van der Waals surface area contributed by atoms with E-state index >= 15 is 0 Å². The number of hydrogen-bond acceptors (Lipinski definition) is 4. The van der Waals surface area contributed by atoms with E-state index in [-0.39, 0.29) is 17.3 Å². The van der Waals surface area contributed by atoms with Crippen molar-refractivity contribution in [2.24, 2.45) is 5.92 Å². The van der Waals surface area contributed by atoms with E-state index in [4.69, 9.17) is 4.74 Å². The largest absolute Gasteiger partial charge is 0.504 e. The number of allylic oxidation sites excluding steroid dienone is 1. The molecular weight excluding hydrogens is 266 g/mol. The second-order valence-corrected chi connectivity index (χ2v) is 6.42. The van der Waals surface area contributed by atoms with E-state index in [2.05, 4.69) is 17.5 Å². The Bertz CT molecular complexity index is 612. The Morgan fingerprint density at radius 1 is 1.38 bits per heavy atom. The smallest absolute Gasteiger partial charge is 0.166 e. The number of ether oxygens (including phenoxy) is 1. The fourth-order valence-corrected chi connectivity index (χ4v) is 4.55. The van der Waals surface area contributed by atoms with Gasteiger partial charge in [-0.25, -0.2) is 0 Å². The van der Waals surface area contributed by atoms with Crippen molar-refractivity contribution in [2.45, 2.75) is 36.9 Å². The van der Waals surface area contributed by atoms with Crippen molar-refractivity contribution in [1.29, 1.82) is 0 Å². The van der Waals surface area contributed by atoms with E-state index in [1.807, 2.05) is 13.1 Å². The summed E-state index contributed by atoms with van der Waals surface area (Å²) in [5, 5.41) is 23.9. The molecule has 4 atom stereocenters. The summed E-state index contributed by atoms with van der Waals surface area (Å²) in [7, 11) is 1.95. The molecule has 0 bridgehead atoms. The Labute approximate surface area is 124 Å². The van der Waals surface area contributed by atoms with Crippen molar-refractivity contribution in [1.82, 2.24) is 5.32 Å². The average Bonchev–Trinajstić information content (AvgIpc) is 2.85. The van der Waals surface area contributed by atoms with Crippen LogP contribution in [-0.4, -0.2) is 36.0 Å². The van der Waals surface area contributed by atoms with Crippen LogP contribution in [-0.2, 0) is 5.41 Å². The van der Waals surface area contributed by atoms with Gasteiger partial charge >= 0.3 is 0 Å². The summed E-state index contributed by atoms with van der Waals surface area (Å²) in [4.78, 5) is 0. The van der Waals surface area contributed by atoms with Crippen LogP contribution in [0.5, 0.6) is 11.5 Å². The molecule has 1 aliphatic heterocycles. The lowest BCUT2D eigenvalue weighted by Gasteiger charge is -2.47. The van der Waals surface area contributed by atoms with E-state index in [1.165, 1.54) is 0 Å². The van der Waals surface area contributed by atoms with Gasteiger partial charge in [0.1, 0.15) is 6.10 Å². The number of nitrogens with one attached hydrogen (secondary N) is 1. The van der Waals surface area contributed by atoms with Crippen LogP contribution in [0.3, 0.4) is 0 Å². The van der Waals surface area contributed by atoms with Crippen molar-refractivity contribution < 1.29 is 14.9 Å². The van der Waals surface area contributed by atoms with Gasteiger partial charge in [0.15, 0.2) is 11.5 Å². The van der Waals surface area contributed by atoms with Gasteiger partial charge in [0, 0.05) is 11.0 Å². The second kappa shape index (κ2) is 4.49. The number of phenolic OH excluding ortho intramolecular Hbond substituents is 1. The van der Waals surface area contributed by atoms with Crippen molar-refractivity contribution in [3.8, 4) is 11.5 Å². The van der Waals surface area contributed by atoms with E-state index in [9.17, 15) is 10.2 Å². The topological polar surface area (TPSA) is 61.7 Å². The highest BCUT2D eigenvalue weighted by Crippen LogP contribution is 2.60. The SMILES string of the molecule is CNCCC12c3c4ccc(O)c3O[C@@H]1[C@@H](O)CC[C@@H]2C=C4. The molecule has 3 aliphatic rings. The molecule has 1 unspecified atom stereocenters. The molecule has 0 aromatic heterocycles. The van der Waals surface area contributed by atoms with Crippen LogP contribution in [0, 0.1) is 5.92 Å². The molecule has 1 aromatic carbocycles. The van der Waals surface area contributed by atoms with Crippen LogP contribution in [0.4, 0.5) is 0 Å². The molecule has 0 saturated heterocycles. The predicted molar refractivity (Wildman–Crippen MR) is 80.5 cm³/mol. The fraction of sp³-hybridized carbons (Fsp3) is 0.529. The summed E-state index contributed by atoms with van der Waals surface area (Å²) in [5.41, 5.74) is 2.01. The molecule has 0 amide bonds. The first-order valence-electron chi connectivity index (χ1n) is 7.72. The average molecular weight is 287 g/mol. The van der Waals surface area contributed by atoms with Gasteiger partial charge in [0.05, 0.1) is 6.10 Å². The third kappa shape index (κ3) is 1.57. The van der Waals surface area contributed by atoms with Crippen LogP contribution >= 0.6 is 0 Å². The van der Waals surface area contributed by atoms with Gasteiger partial charge in [-0.1, -0.05) is 18.2 Å². The van der Waals surface area contributed by atoms with Crippen molar-refractivity contribution in [3.05, 3.63) is 29.3 Å². The fourth-order valence-electron chi connectivity index (χ4n) is 4.55. The van der Waals surface area contributed by atoms with E-state index in [1.54, 1.807) is 6.07 Å². The molecule has 4 nitrogen and oxygen atoms in total. The molecule has 1 heterocycles. The van der Waals surface area contributed by atoms with Gasteiger partial charge in [-0.05, 0) is 50.4 Å². The minimum absolute atomic E-state index is 0.188. The molecule has 1 aromatic rings. The Balaban J connectivity index is 1.95. The first kappa shape index (κ1) is 13.2. The van der Waals surface area contributed by atoms with Gasteiger partial charge in [-0.3, -0.25) is 0 Å². The molecule has 0 spiro atoms. The zero-order valence-corrected chi connectivity index (χ0v) is 12.2. The van der Waals surface area contributed by atoms with Gasteiger partial charge < -0.3 is 20.3 Å². The molecule has 1 saturated carbocycles. The van der Waals surface area contributed by atoms with Crippen LogP contribution in [0.2, 0.25) is 0 Å². The van der Waals surface area contributed by atoms with Crippen molar-refractivity contribution >= 4 is 6.08 Å². The van der Waals surface area contributed by atoms with Crippen molar-refractivity contribution in [2.75, 3.05) is 13.6 Å². The van der Waals surface area contributed by atoms with E-state index < -0.39 is 6.10 Å². The Morgan fingerprint density at radius 2 is 2.24 bits per heavy atom. The first-order valence-corrected chi connectivity index (χ1v) is 7.72. The van der Waals surface area contributed by atoms with Crippen LogP contribution in [0.1, 0.15) is 30.4 Å². The summed E-state index contributed by atoms with van der Waals surface area (Å²) in [6.07, 6.45) is 6.32. The summed E-state index contributed by atoms with van der Waals surface area (Å²) in [6, 6.07) is 3.64. The standard InChI is InChI=1S/C17H21NO3/c1-18-9-8-17-11-4-2-10-3-6-12(19)15(14(10)17)21-16(17)13(20)7-5-11/h2-4,6,11,13,16,18-20H,5,7-9H2,1H3/t11-,13-,16+,17?/m0/s1. The maximum atomic E-state index is 10.5. The molecule has 3 N–H and O–H groups in total. The minimum Gasteiger partial charge on any atom is -0.504 e. The second-order valence-electron chi connectivity index (χ2n) is 6.42. The Hall–Kier alpha value is -1.52. The number of hydrogen-bond donors (Lipinski definition) is 3. The highest BCUT2D eigenvalue weighted by Gasteiger charge is 2.59. The summed E-state index contributed by atoms with van der Waals surface area (Å²) in [6.45, 7) is 0.867. The molecule has 1 fully saturated rings. The number of aliphatic hydroxyl groups is 1. The number of rotatable bonds is 3.